The minimum atomic E-state index is -4.22. The summed E-state index contributed by atoms with van der Waals surface area (Å²) in [4.78, 5) is 17.1. The topological polar surface area (TPSA) is 82.7 Å². The largest absolute Gasteiger partial charge is 0.401 e. The number of halogens is 5. The van der Waals surface area contributed by atoms with Crippen molar-refractivity contribution in [2.75, 3.05) is 33.2 Å². The highest BCUT2D eigenvalue weighted by Gasteiger charge is 2.34. The van der Waals surface area contributed by atoms with Crippen LogP contribution in [0.4, 0.5) is 17.6 Å². The number of nitrogens with zero attached hydrogens (tertiary/aromatic N) is 2. The summed E-state index contributed by atoms with van der Waals surface area (Å²) in [6.07, 6.45) is -3.32. The average Bonchev–Trinajstić information content (AvgIpc) is 3.03. The summed E-state index contributed by atoms with van der Waals surface area (Å²) >= 11 is 0. The number of aliphatic imine (C=N–C) groups is 1. The Labute approximate surface area is 184 Å². The zero-order valence-corrected chi connectivity index (χ0v) is 18.3. The monoisotopic (exact) mass is 531 g/mol. The molecule has 1 aliphatic rings. The number of carbonyl (C=O) groups excluding carboxylic acids is 1. The first-order valence-electron chi connectivity index (χ1n) is 8.96. The quantitative estimate of drug-likeness (QED) is 0.217. The van der Waals surface area contributed by atoms with E-state index in [4.69, 9.17) is 5.73 Å². The van der Waals surface area contributed by atoms with Gasteiger partial charge in [-0.1, -0.05) is 12.1 Å². The van der Waals surface area contributed by atoms with E-state index in [9.17, 15) is 22.4 Å². The van der Waals surface area contributed by atoms with Crippen LogP contribution in [0.15, 0.2) is 29.3 Å². The number of rotatable bonds is 7. The second kappa shape index (κ2) is 11.5. The predicted molar refractivity (Wildman–Crippen MR) is 114 cm³/mol. The van der Waals surface area contributed by atoms with E-state index in [0.717, 1.165) is 5.56 Å². The highest BCUT2D eigenvalue weighted by atomic mass is 127. The first-order valence-corrected chi connectivity index (χ1v) is 8.96. The second-order valence-electron chi connectivity index (χ2n) is 6.86. The summed E-state index contributed by atoms with van der Waals surface area (Å²) in [6, 6.07) is 5.64. The molecule has 2 rings (SSSR count). The van der Waals surface area contributed by atoms with Crippen LogP contribution < -0.4 is 16.4 Å². The lowest BCUT2D eigenvalue weighted by atomic mass is 9.98. The summed E-state index contributed by atoms with van der Waals surface area (Å²) in [5.74, 6) is -1.03. The smallest absolute Gasteiger partial charge is 0.369 e. The maximum Gasteiger partial charge on any atom is 0.401 e. The summed E-state index contributed by atoms with van der Waals surface area (Å²) in [5, 5.41) is 6.07. The molecule has 0 aromatic heterocycles. The van der Waals surface area contributed by atoms with Gasteiger partial charge in [0.05, 0.1) is 12.5 Å². The molecule has 0 aliphatic carbocycles. The number of carbonyl (C=O) groups is 1. The Hall–Kier alpha value is -1.63. The fourth-order valence-corrected chi connectivity index (χ4v) is 3.13. The van der Waals surface area contributed by atoms with E-state index in [2.05, 4.69) is 15.6 Å². The van der Waals surface area contributed by atoms with Crippen molar-refractivity contribution >= 4 is 35.8 Å². The molecule has 1 aromatic rings. The number of primary amides is 1. The molecule has 0 spiro atoms. The summed E-state index contributed by atoms with van der Waals surface area (Å²) < 4.78 is 50.5. The maximum atomic E-state index is 13.0. The molecule has 0 bridgehead atoms. The number of nitrogens with two attached hydrogens (primary N) is 1. The highest BCUT2D eigenvalue weighted by molar-refractivity contribution is 14.0. The first kappa shape index (κ1) is 25.4. The minimum Gasteiger partial charge on any atom is -0.369 e. The number of alkyl halides is 3. The number of amides is 1. The van der Waals surface area contributed by atoms with E-state index in [1.807, 2.05) is 0 Å². The maximum absolute atomic E-state index is 13.0. The van der Waals surface area contributed by atoms with Gasteiger partial charge in [0, 0.05) is 32.7 Å². The van der Waals surface area contributed by atoms with Crippen molar-refractivity contribution in [1.82, 2.24) is 15.5 Å². The molecule has 1 saturated heterocycles. The lowest BCUT2D eigenvalue weighted by molar-refractivity contribution is -0.143. The van der Waals surface area contributed by atoms with Crippen LogP contribution in [0.5, 0.6) is 0 Å². The van der Waals surface area contributed by atoms with Gasteiger partial charge in [-0.25, -0.2) is 4.39 Å². The fraction of sp³-hybridized carbons (Fsp3) is 0.556. The number of hydrogen-bond acceptors (Lipinski definition) is 3. The molecule has 1 aromatic carbocycles. The van der Waals surface area contributed by atoms with Crippen LogP contribution >= 0.6 is 24.0 Å². The highest BCUT2D eigenvalue weighted by Crippen LogP contribution is 2.20. The van der Waals surface area contributed by atoms with Crippen LogP contribution in [0.2, 0.25) is 0 Å². The lowest BCUT2D eigenvalue weighted by Crippen LogP contribution is -2.47. The van der Waals surface area contributed by atoms with E-state index in [1.54, 1.807) is 12.1 Å². The molecule has 11 heteroatoms. The normalized spacial score (nSPS) is 18.8. The van der Waals surface area contributed by atoms with Gasteiger partial charge in [0.15, 0.2) is 5.96 Å². The molecule has 2 atom stereocenters. The van der Waals surface area contributed by atoms with Gasteiger partial charge in [-0.2, -0.15) is 13.2 Å². The van der Waals surface area contributed by atoms with Crippen LogP contribution in [0, 0.1) is 11.7 Å². The van der Waals surface area contributed by atoms with Crippen LogP contribution in [-0.4, -0.2) is 62.2 Å². The molecular weight excluding hydrogens is 505 g/mol. The van der Waals surface area contributed by atoms with Gasteiger partial charge in [0.1, 0.15) is 5.82 Å². The first-order chi connectivity index (χ1) is 13.2. The molecular formula is C18H26F4IN5O. The van der Waals surface area contributed by atoms with Crippen LogP contribution in [-0.2, 0) is 11.2 Å². The molecule has 2 unspecified atom stereocenters. The molecule has 29 heavy (non-hydrogen) atoms. The average molecular weight is 531 g/mol. The number of benzene rings is 1. The zero-order chi connectivity index (χ0) is 20.7. The number of hydrogen-bond donors (Lipinski definition) is 3. The molecule has 1 heterocycles. The third kappa shape index (κ3) is 9.15. The Morgan fingerprint density at radius 1 is 1.34 bits per heavy atom. The summed E-state index contributed by atoms with van der Waals surface area (Å²) in [5.41, 5.74) is 6.23. The lowest BCUT2D eigenvalue weighted by Gasteiger charge is -2.21. The molecule has 0 radical (unpaired) electrons. The van der Waals surface area contributed by atoms with Crippen LogP contribution in [0.3, 0.4) is 0 Å². The Bertz CT molecular complexity index is 684. The van der Waals surface area contributed by atoms with E-state index >= 15 is 0 Å². The SMILES string of the molecule is CN=C(NCC(Cc1ccc(F)cc1)C(N)=O)NC1CCN(CC(F)(F)F)C1.I. The standard InChI is InChI=1S/C18H25F4N5O.HI/c1-24-17(26-15-6-7-27(10-15)11-18(20,21)22)25-9-13(16(23)28)8-12-2-4-14(19)5-3-12;/h2-5,13,15H,6-11H2,1H3,(H2,23,28)(H2,24,25,26);1H. The Morgan fingerprint density at radius 2 is 2.00 bits per heavy atom. The molecule has 4 N–H and O–H groups in total. The van der Waals surface area contributed by atoms with Gasteiger partial charge in [-0.05, 0) is 30.5 Å². The van der Waals surface area contributed by atoms with Gasteiger partial charge < -0.3 is 16.4 Å². The van der Waals surface area contributed by atoms with Crippen molar-refractivity contribution in [3.63, 3.8) is 0 Å². The summed E-state index contributed by atoms with van der Waals surface area (Å²) in [6.45, 7) is -0.123. The molecule has 6 nitrogen and oxygen atoms in total. The molecule has 0 saturated carbocycles. The van der Waals surface area contributed by atoms with Crippen LogP contribution in [0.25, 0.3) is 0 Å². The van der Waals surface area contributed by atoms with Gasteiger partial charge in [0.25, 0.3) is 0 Å². The van der Waals surface area contributed by atoms with Gasteiger partial charge in [-0.15, -0.1) is 24.0 Å². The van der Waals surface area contributed by atoms with Crippen molar-refractivity contribution in [2.24, 2.45) is 16.6 Å². The molecule has 1 fully saturated rings. The van der Waals surface area contributed by atoms with Gasteiger partial charge >= 0.3 is 6.18 Å². The minimum absolute atomic E-state index is 0. The van der Waals surface area contributed by atoms with E-state index in [-0.39, 0.29) is 48.9 Å². The summed E-state index contributed by atoms with van der Waals surface area (Å²) in [7, 11) is 1.54. The predicted octanol–water partition coefficient (Wildman–Crippen LogP) is 1.89. The Morgan fingerprint density at radius 3 is 2.55 bits per heavy atom. The third-order valence-corrected chi connectivity index (χ3v) is 4.55. The van der Waals surface area contributed by atoms with E-state index < -0.39 is 24.5 Å². The third-order valence-electron chi connectivity index (χ3n) is 4.55. The fourth-order valence-electron chi connectivity index (χ4n) is 3.13. The molecule has 1 aliphatic heterocycles. The van der Waals surface area contributed by atoms with Crippen LogP contribution in [0.1, 0.15) is 12.0 Å². The number of guanidine groups is 1. The number of nitrogens with one attached hydrogen (secondary N) is 2. The number of likely N-dealkylation sites (tertiary alicyclic amines) is 1. The van der Waals surface area contributed by atoms with Gasteiger partial charge in [-0.3, -0.25) is 14.7 Å². The Balaban J connectivity index is 0.00000420. The van der Waals surface area contributed by atoms with E-state index in [0.29, 0.717) is 25.3 Å². The van der Waals surface area contributed by atoms with Crippen molar-refractivity contribution < 1.29 is 22.4 Å². The van der Waals surface area contributed by atoms with Crippen molar-refractivity contribution in [3.05, 3.63) is 35.6 Å². The van der Waals surface area contributed by atoms with Crippen molar-refractivity contribution in [3.8, 4) is 0 Å². The van der Waals surface area contributed by atoms with E-state index in [1.165, 1.54) is 24.1 Å². The molecule has 164 valence electrons. The second-order valence-corrected chi connectivity index (χ2v) is 6.86. The zero-order valence-electron chi connectivity index (χ0n) is 16.0. The van der Waals surface area contributed by atoms with Gasteiger partial charge in [0.2, 0.25) is 5.91 Å². The molecule has 1 amide bonds. The van der Waals surface area contributed by atoms with Crippen molar-refractivity contribution in [1.29, 1.82) is 0 Å². The Kier molecular flexibility index (Phi) is 10.1. The van der Waals surface area contributed by atoms with Crippen molar-refractivity contribution in [2.45, 2.75) is 25.1 Å².